The van der Waals surface area contributed by atoms with E-state index in [4.69, 9.17) is 0 Å². The fourth-order valence-electron chi connectivity index (χ4n) is 2.34. The predicted octanol–water partition coefficient (Wildman–Crippen LogP) is 6.83. The van der Waals surface area contributed by atoms with Crippen LogP contribution in [0.2, 0.25) is 0 Å². The topological polar surface area (TPSA) is 69.4 Å². The Kier molecular flexibility index (Phi) is 8.59. The van der Waals surface area contributed by atoms with Crippen LogP contribution < -0.4 is 9.88 Å². The number of sulfonamides is 1. The summed E-state index contributed by atoms with van der Waals surface area (Å²) in [7, 11) is -5.05. The van der Waals surface area contributed by atoms with Gasteiger partial charge in [0.25, 0.3) is 0 Å². The Bertz CT molecular complexity index is 1250. The van der Waals surface area contributed by atoms with Crippen molar-refractivity contribution in [3.63, 3.8) is 0 Å². The number of rotatable bonds is 10. The van der Waals surface area contributed by atoms with E-state index in [-0.39, 0.29) is 6.07 Å². The molecule has 1 aromatic rings. The van der Waals surface area contributed by atoms with Gasteiger partial charge in [-0.05, 0) is 12.1 Å². The third kappa shape index (κ3) is 5.00. The van der Waals surface area contributed by atoms with Crippen LogP contribution in [0.15, 0.2) is 41.0 Å². The molecule has 0 spiro atoms. The van der Waals surface area contributed by atoms with Crippen LogP contribution in [0.3, 0.4) is 0 Å². The van der Waals surface area contributed by atoms with Crippen LogP contribution in [0, 0.1) is 0 Å². The molecular weight excluding hydrogens is 647 g/mol. The normalized spacial score (nSPS) is 16.1. The molecule has 0 radical (unpaired) electrons. The monoisotopic (exact) mass is 653 g/mol. The molecule has 0 unspecified atom stereocenters. The van der Waals surface area contributed by atoms with Gasteiger partial charge in [0, 0.05) is 0 Å². The molecule has 0 atom stereocenters. The Morgan fingerprint density at radius 3 is 1.32 bits per heavy atom. The molecule has 24 heteroatoms. The highest BCUT2D eigenvalue weighted by atomic mass is 32.2. The Labute approximate surface area is 207 Å². The number of primary sulfonamides is 1. The number of benzene rings is 1. The molecule has 0 aliphatic rings. The van der Waals surface area contributed by atoms with E-state index in [0.29, 0.717) is 12.1 Å². The number of hydrogen-bond acceptors (Lipinski definition) is 3. The number of nitrogens with two attached hydrogens (primary N) is 1. The summed E-state index contributed by atoms with van der Waals surface area (Å²) in [6.45, 7) is 0. The van der Waals surface area contributed by atoms with Gasteiger partial charge in [-0.3, -0.25) is 0 Å². The van der Waals surface area contributed by atoms with Gasteiger partial charge in [-0.1, -0.05) is 12.1 Å². The molecule has 0 saturated carbocycles. The lowest BCUT2D eigenvalue weighted by molar-refractivity contribution is -0.460. The summed E-state index contributed by atoms with van der Waals surface area (Å²) >= 11 is 0. The van der Waals surface area contributed by atoms with E-state index in [1.165, 1.54) is 0 Å². The molecule has 0 aliphatic carbocycles. The minimum atomic E-state index is -9.01. The second kappa shape index (κ2) is 9.72. The van der Waals surface area contributed by atoms with E-state index in [1.807, 2.05) is 0 Å². The Balaban J connectivity index is 3.74. The first kappa shape index (κ1) is 35.4. The lowest BCUT2D eigenvalue weighted by Gasteiger charge is -2.42. The third-order valence-electron chi connectivity index (χ3n) is 4.53. The lowest BCUT2D eigenvalue weighted by atomic mass is 9.88. The average Bonchev–Trinajstić information content (AvgIpc) is 2.76. The summed E-state index contributed by atoms with van der Waals surface area (Å²) in [5.41, 5.74) is 0. The average molecular weight is 653 g/mol. The minimum absolute atomic E-state index is 0.203. The molecule has 232 valence electrons. The summed E-state index contributed by atoms with van der Waals surface area (Å²) in [5, 5.41) is 4.56. The number of halogens is 19. The molecular formula is C16H6F19NO3S. The third-order valence-corrected chi connectivity index (χ3v) is 5.48. The van der Waals surface area contributed by atoms with Crippen molar-refractivity contribution < 1.29 is 96.6 Å². The summed E-state index contributed by atoms with van der Waals surface area (Å²) in [6, 6.07) is -1.99. The van der Waals surface area contributed by atoms with Crippen molar-refractivity contribution in [3.8, 4) is 5.75 Å². The largest absolute Gasteiger partial charge is 0.460 e. The van der Waals surface area contributed by atoms with Crippen molar-refractivity contribution in [2.75, 3.05) is 0 Å². The number of alkyl halides is 17. The van der Waals surface area contributed by atoms with Crippen LogP contribution >= 0.6 is 0 Å². The maximum Gasteiger partial charge on any atom is 0.460 e. The smallest absolute Gasteiger partial charge is 0.428 e. The predicted molar refractivity (Wildman–Crippen MR) is 88.4 cm³/mol. The first-order valence-corrected chi connectivity index (χ1v) is 10.4. The highest BCUT2D eigenvalue weighted by Gasteiger charge is 2.95. The van der Waals surface area contributed by atoms with E-state index >= 15 is 0 Å². The summed E-state index contributed by atoms with van der Waals surface area (Å²) in [6.07, 6.45) is -7.96. The Morgan fingerprint density at radius 1 is 0.600 bits per heavy atom. The molecule has 2 N–H and O–H groups in total. The van der Waals surface area contributed by atoms with Gasteiger partial charge in [-0.25, -0.2) is 13.6 Å². The molecule has 0 heterocycles. The lowest BCUT2D eigenvalue weighted by Crippen LogP contribution is -2.74. The molecule has 40 heavy (non-hydrogen) atoms. The fraction of sp³-hybridized carbons (Fsp3) is 0.500. The zero-order valence-corrected chi connectivity index (χ0v) is 18.5. The first-order valence-electron chi connectivity index (χ1n) is 8.85. The van der Waals surface area contributed by atoms with Gasteiger partial charge in [-0.2, -0.15) is 83.4 Å². The quantitative estimate of drug-likeness (QED) is 0.223. The Hall–Kier alpha value is -2.66. The van der Waals surface area contributed by atoms with E-state index in [1.54, 1.807) is 0 Å². The van der Waals surface area contributed by atoms with Crippen molar-refractivity contribution in [2.45, 2.75) is 52.5 Å². The molecule has 0 aromatic heterocycles. The van der Waals surface area contributed by atoms with Crippen LogP contribution in [0.5, 0.6) is 5.75 Å². The summed E-state index contributed by atoms with van der Waals surface area (Å²) < 4.78 is 278. The highest BCUT2D eigenvalue weighted by molar-refractivity contribution is 7.89. The van der Waals surface area contributed by atoms with Crippen LogP contribution in [-0.2, 0) is 10.0 Å². The van der Waals surface area contributed by atoms with Crippen LogP contribution in [0.4, 0.5) is 83.4 Å². The van der Waals surface area contributed by atoms with Crippen molar-refractivity contribution in [3.05, 3.63) is 36.1 Å². The highest BCUT2D eigenvalue weighted by Crippen LogP contribution is 2.64. The van der Waals surface area contributed by atoms with Gasteiger partial charge in [0.2, 0.25) is 15.9 Å². The molecule has 1 aromatic carbocycles. The molecule has 0 bridgehead atoms. The van der Waals surface area contributed by atoms with E-state index in [0.717, 1.165) is 6.07 Å². The van der Waals surface area contributed by atoms with Crippen molar-refractivity contribution in [1.29, 1.82) is 0 Å². The first-order chi connectivity index (χ1) is 17.3. The van der Waals surface area contributed by atoms with Crippen LogP contribution in [0.1, 0.15) is 0 Å². The maximum atomic E-state index is 13.8. The van der Waals surface area contributed by atoms with Gasteiger partial charge in [0.05, 0.1) is 0 Å². The van der Waals surface area contributed by atoms with Gasteiger partial charge in [0.1, 0.15) is 10.6 Å². The fourth-order valence-corrected chi connectivity index (χ4v) is 2.99. The summed E-state index contributed by atoms with van der Waals surface area (Å²) in [4.78, 5) is -1.46. The molecule has 0 fully saturated rings. The summed E-state index contributed by atoms with van der Waals surface area (Å²) in [5.74, 6) is -66.9. The maximum absolute atomic E-state index is 13.8. The second-order valence-electron chi connectivity index (χ2n) is 7.20. The molecule has 1 rings (SSSR count). The Morgan fingerprint density at radius 2 is 0.950 bits per heavy atom. The zero-order valence-electron chi connectivity index (χ0n) is 17.7. The molecule has 4 nitrogen and oxygen atoms in total. The minimum Gasteiger partial charge on any atom is -0.428 e. The second-order valence-corrected chi connectivity index (χ2v) is 8.73. The molecule has 0 saturated heterocycles. The van der Waals surface area contributed by atoms with Gasteiger partial charge < -0.3 is 4.74 Å². The molecule has 0 amide bonds. The zero-order chi connectivity index (χ0) is 32.3. The van der Waals surface area contributed by atoms with Crippen molar-refractivity contribution >= 4 is 10.0 Å². The van der Waals surface area contributed by atoms with E-state index < -0.39 is 80.1 Å². The van der Waals surface area contributed by atoms with E-state index in [9.17, 15) is 91.8 Å². The van der Waals surface area contributed by atoms with Gasteiger partial charge in [0.15, 0.2) is 0 Å². The van der Waals surface area contributed by atoms with Crippen LogP contribution in [-0.4, -0.2) is 56.1 Å². The van der Waals surface area contributed by atoms with Crippen molar-refractivity contribution in [1.82, 2.24) is 0 Å². The van der Waals surface area contributed by atoms with E-state index in [2.05, 4.69) is 9.88 Å². The van der Waals surface area contributed by atoms with Gasteiger partial charge in [-0.15, -0.1) is 0 Å². The van der Waals surface area contributed by atoms with Gasteiger partial charge >= 0.3 is 53.6 Å². The van der Waals surface area contributed by atoms with Crippen LogP contribution in [0.25, 0.3) is 0 Å². The number of allylic oxidation sites excluding steroid dienone is 1. The standard InChI is InChI=1S/C16H6F19NO3S/c17-7(8(18)39-5-3-1-2-4-6(5)40(36,37)38)9(19,20)10(21,22)11(23,24)12(25,26)13(27,28)14(29,30)15(31,32)16(33,34)35/h1-4H,(H2,36,37,38). The molecule has 0 aliphatic heterocycles. The number of ether oxygens (including phenoxy) is 1. The van der Waals surface area contributed by atoms with Crippen molar-refractivity contribution in [2.24, 2.45) is 5.14 Å². The number of para-hydroxylation sites is 1. The number of hydrogen-bond donors (Lipinski definition) is 1. The SMILES string of the molecule is NS(=O)(=O)c1ccccc1OC(F)=C(F)C(F)(F)C(F)(F)C(F)(F)C(F)(F)C(F)(F)C(F)(F)C(F)(F)C(F)(F)F.